The highest BCUT2D eigenvalue weighted by molar-refractivity contribution is 5.18. The van der Waals surface area contributed by atoms with Gasteiger partial charge in [0.25, 0.3) is 0 Å². The molecule has 1 atom stereocenters. The Bertz CT molecular complexity index is 223. The van der Waals surface area contributed by atoms with Crippen LogP contribution in [0, 0.1) is 6.58 Å². The molecule has 0 saturated heterocycles. The Morgan fingerprint density at radius 1 is 1.33 bits per heavy atom. The quantitative estimate of drug-likeness (QED) is 0.630. The van der Waals surface area contributed by atoms with Gasteiger partial charge in [-0.2, -0.15) is 0 Å². The molecule has 0 aliphatic carbocycles. The van der Waals surface area contributed by atoms with E-state index in [0.29, 0.717) is 5.92 Å². The van der Waals surface area contributed by atoms with Crippen LogP contribution >= 0.6 is 0 Å². The van der Waals surface area contributed by atoms with Crippen LogP contribution in [0.15, 0.2) is 36.4 Å². The van der Waals surface area contributed by atoms with E-state index in [9.17, 15) is 0 Å². The monoisotopic (exact) mass is 159 g/mol. The van der Waals surface area contributed by atoms with Crippen molar-refractivity contribution in [2.75, 3.05) is 0 Å². The summed E-state index contributed by atoms with van der Waals surface area (Å²) in [7, 11) is 0. The molecule has 1 unspecified atom stereocenters. The van der Waals surface area contributed by atoms with Crippen molar-refractivity contribution >= 4 is 0 Å². The summed E-state index contributed by atoms with van der Waals surface area (Å²) in [4.78, 5) is 0. The van der Waals surface area contributed by atoms with Crippen molar-refractivity contribution in [1.29, 1.82) is 0 Å². The lowest BCUT2D eigenvalue weighted by Crippen LogP contribution is -1.91. The van der Waals surface area contributed by atoms with Crippen molar-refractivity contribution in [1.82, 2.24) is 0 Å². The van der Waals surface area contributed by atoms with E-state index in [1.807, 2.05) is 6.07 Å². The SMILES string of the molecule is [CH]=CCCC(C)c1ccccc1. The molecule has 0 aliphatic rings. The first kappa shape index (κ1) is 9.05. The standard InChI is InChI=1S/C12H15/c1-3-4-8-11(2)12-9-6-5-7-10-12/h1,3,5-7,9-11H,4,8H2,2H3. The molecule has 0 amide bonds. The summed E-state index contributed by atoms with van der Waals surface area (Å²) in [6.45, 7) is 7.56. The van der Waals surface area contributed by atoms with Crippen molar-refractivity contribution in [3.05, 3.63) is 48.6 Å². The summed E-state index contributed by atoms with van der Waals surface area (Å²) >= 11 is 0. The number of allylic oxidation sites excluding steroid dienone is 1. The maximum absolute atomic E-state index is 5.33. The van der Waals surface area contributed by atoms with Gasteiger partial charge in [-0.1, -0.05) is 49.9 Å². The zero-order valence-electron chi connectivity index (χ0n) is 7.53. The second kappa shape index (κ2) is 4.76. The van der Waals surface area contributed by atoms with E-state index in [1.165, 1.54) is 5.56 Å². The smallest absolute Gasteiger partial charge is 0.0187 e. The van der Waals surface area contributed by atoms with E-state index in [4.69, 9.17) is 6.58 Å². The molecule has 63 valence electrons. The summed E-state index contributed by atoms with van der Waals surface area (Å²) in [6, 6.07) is 10.5. The van der Waals surface area contributed by atoms with Gasteiger partial charge in [-0.05, 0) is 24.3 Å². The minimum Gasteiger partial charge on any atom is -0.0845 e. The fourth-order valence-electron chi connectivity index (χ4n) is 1.29. The van der Waals surface area contributed by atoms with Crippen molar-refractivity contribution < 1.29 is 0 Å². The van der Waals surface area contributed by atoms with Crippen LogP contribution in [-0.2, 0) is 0 Å². The Morgan fingerprint density at radius 3 is 2.58 bits per heavy atom. The third-order valence-corrected chi connectivity index (χ3v) is 2.13. The summed E-state index contributed by atoms with van der Waals surface area (Å²) in [5.74, 6) is 0.617. The van der Waals surface area contributed by atoms with E-state index >= 15 is 0 Å². The number of hydrogen-bond donors (Lipinski definition) is 0. The van der Waals surface area contributed by atoms with Gasteiger partial charge in [-0.25, -0.2) is 0 Å². The van der Waals surface area contributed by atoms with Crippen molar-refractivity contribution in [2.45, 2.75) is 25.7 Å². The third kappa shape index (κ3) is 2.54. The molecule has 0 bridgehead atoms. The number of rotatable bonds is 4. The molecular formula is C12H15. The van der Waals surface area contributed by atoms with Crippen LogP contribution in [0.25, 0.3) is 0 Å². The maximum Gasteiger partial charge on any atom is -0.0187 e. The first-order valence-corrected chi connectivity index (χ1v) is 4.43. The lowest BCUT2D eigenvalue weighted by molar-refractivity contribution is 0.691. The Balaban J connectivity index is 2.53. The lowest BCUT2D eigenvalue weighted by atomic mass is 9.96. The summed E-state index contributed by atoms with van der Waals surface area (Å²) in [5, 5.41) is 0. The molecule has 0 nitrogen and oxygen atoms in total. The van der Waals surface area contributed by atoms with E-state index in [2.05, 4.69) is 31.2 Å². The normalized spacial score (nSPS) is 12.4. The van der Waals surface area contributed by atoms with Crippen LogP contribution < -0.4 is 0 Å². The van der Waals surface area contributed by atoms with Crippen LogP contribution in [0.4, 0.5) is 0 Å². The predicted molar refractivity (Wildman–Crippen MR) is 53.0 cm³/mol. The van der Waals surface area contributed by atoms with Gasteiger partial charge in [0.15, 0.2) is 0 Å². The average Bonchev–Trinajstić information content (AvgIpc) is 2.15. The summed E-state index contributed by atoms with van der Waals surface area (Å²) < 4.78 is 0. The molecule has 1 aromatic rings. The van der Waals surface area contributed by atoms with Gasteiger partial charge in [-0.15, -0.1) is 0 Å². The number of hydrogen-bond acceptors (Lipinski definition) is 0. The lowest BCUT2D eigenvalue weighted by Gasteiger charge is -2.09. The Kier molecular flexibility index (Phi) is 3.59. The second-order valence-electron chi connectivity index (χ2n) is 3.12. The highest BCUT2D eigenvalue weighted by Crippen LogP contribution is 2.19. The van der Waals surface area contributed by atoms with E-state index in [-0.39, 0.29) is 0 Å². The highest BCUT2D eigenvalue weighted by atomic mass is 14.1. The van der Waals surface area contributed by atoms with Gasteiger partial charge in [0.2, 0.25) is 0 Å². The highest BCUT2D eigenvalue weighted by Gasteiger charge is 2.01. The van der Waals surface area contributed by atoms with Crippen LogP contribution in [0.5, 0.6) is 0 Å². The zero-order chi connectivity index (χ0) is 8.81. The predicted octanol–water partition coefficient (Wildman–Crippen LogP) is 3.56. The first-order valence-electron chi connectivity index (χ1n) is 4.43. The molecule has 0 fully saturated rings. The van der Waals surface area contributed by atoms with Crippen LogP contribution in [0.1, 0.15) is 31.2 Å². The molecule has 0 spiro atoms. The fourth-order valence-corrected chi connectivity index (χ4v) is 1.29. The van der Waals surface area contributed by atoms with Gasteiger partial charge in [0, 0.05) is 0 Å². The number of benzene rings is 1. The van der Waals surface area contributed by atoms with Crippen LogP contribution in [0.3, 0.4) is 0 Å². The Hall–Kier alpha value is -1.04. The molecule has 1 aromatic carbocycles. The molecule has 0 aliphatic heterocycles. The van der Waals surface area contributed by atoms with Gasteiger partial charge >= 0.3 is 0 Å². The third-order valence-electron chi connectivity index (χ3n) is 2.13. The zero-order valence-corrected chi connectivity index (χ0v) is 7.53. The summed E-state index contributed by atoms with van der Waals surface area (Å²) in [6.07, 6.45) is 3.87. The van der Waals surface area contributed by atoms with Crippen LogP contribution in [0.2, 0.25) is 0 Å². The van der Waals surface area contributed by atoms with E-state index in [1.54, 1.807) is 6.08 Å². The summed E-state index contributed by atoms with van der Waals surface area (Å²) in [5.41, 5.74) is 1.40. The van der Waals surface area contributed by atoms with Crippen LogP contribution in [-0.4, -0.2) is 0 Å². The minimum absolute atomic E-state index is 0.617. The van der Waals surface area contributed by atoms with Gasteiger partial charge in [0.1, 0.15) is 0 Å². The second-order valence-corrected chi connectivity index (χ2v) is 3.12. The molecule has 0 aromatic heterocycles. The molecule has 1 rings (SSSR count). The maximum atomic E-state index is 5.33. The minimum atomic E-state index is 0.617. The van der Waals surface area contributed by atoms with Crippen molar-refractivity contribution in [2.24, 2.45) is 0 Å². The Labute approximate surface area is 74.9 Å². The molecule has 0 N–H and O–H groups in total. The van der Waals surface area contributed by atoms with Crippen molar-refractivity contribution in [3.8, 4) is 0 Å². The average molecular weight is 159 g/mol. The molecule has 12 heavy (non-hydrogen) atoms. The van der Waals surface area contributed by atoms with Crippen molar-refractivity contribution in [3.63, 3.8) is 0 Å². The topological polar surface area (TPSA) is 0 Å². The Morgan fingerprint density at radius 2 is 2.00 bits per heavy atom. The van der Waals surface area contributed by atoms with E-state index in [0.717, 1.165) is 12.8 Å². The first-order chi connectivity index (χ1) is 5.84. The molecular weight excluding hydrogens is 144 g/mol. The van der Waals surface area contributed by atoms with Gasteiger partial charge in [-0.3, -0.25) is 0 Å². The largest absolute Gasteiger partial charge is 0.0845 e. The molecule has 0 heteroatoms. The molecule has 0 saturated carbocycles. The van der Waals surface area contributed by atoms with Gasteiger partial charge < -0.3 is 0 Å². The molecule has 0 heterocycles. The van der Waals surface area contributed by atoms with Gasteiger partial charge in [0.05, 0.1) is 0 Å². The molecule has 1 radical (unpaired) electrons. The van der Waals surface area contributed by atoms with E-state index < -0.39 is 0 Å². The fraction of sp³-hybridized carbons (Fsp3) is 0.333.